The van der Waals surface area contributed by atoms with Gasteiger partial charge in [-0.25, -0.2) is 4.79 Å². The van der Waals surface area contributed by atoms with E-state index < -0.39 is 5.97 Å². The van der Waals surface area contributed by atoms with Crippen LogP contribution in [0, 0.1) is 0 Å². The van der Waals surface area contributed by atoms with Crippen LogP contribution < -0.4 is 5.32 Å². The summed E-state index contributed by atoms with van der Waals surface area (Å²) in [4.78, 5) is 22.9. The summed E-state index contributed by atoms with van der Waals surface area (Å²) in [6, 6.07) is 6.56. The molecule has 0 aliphatic heterocycles. The molecule has 0 radical (unpaired) electrons. The molecule has 1 amide bonds. The average molecular weight is 247 g/mol. The predicted molar refractivity (Wildman–Crippen MR) is 70.5 cm³/mol. The van der Waals surface area contributed by atoms with E-state index in [9.17, 15) is 9.59 Å². The van der Waals surface area contributed by atoms with Crippen LogP contribution in [0.3, 0.4) is 0 Å². The number of ether oxygens (including phenoxy) is 1. The van der Waals surface area contributed by atoms with Crippen LogP contribution in [0.4, 0.5) is 5.69 Å². The van der Waals surface area contributed by atoms with Gasteiger partial charge in [-0.2, -0.15) is 0 Å². The Morgan fingerprint density at radius 3 is 2.39 bits per heavy atom. The van der Waals surface area contributed by atoms with Gasteiger partial charge in [0.2, 0.25) is 0 Å². The smallest absolute Gasteiger partial charge is 0.337 e. The summed E-state index contributed by atoms with van der Waals surface area (Å²) in [5.41, 5.74) is 1.78. The van der Waals surface area contributed by atoms with Crippen molar-refractivity contribution >= 4 is 17.6 Å². The maximum absolute atomic E-state index is 11.7. The summed E-state index contributed by atoms with van der Waals surface area (Å²) in [7, 11) is 1.33. The molecule has 0 aliphatic carbocycles. The number of methoxy groups -OCH3 is 1. The van der Waals surface area contributed by atoms with Crippen molar-refractivity contribution < 1.29 is 14.3 Å². The van der Waals surface area contributed by atoms with E-state index in [4.69, 9.17) is 0 Å². The van der Waals surface area contributed by atoms with Gasteiger partial charge in [0.1, 0.15) is 0 Å². The van der Waals surface area contributed by atoms with Crippen molar-refractivity contribution in [2.24, 2.45) is 0 Å². The van der Waals surface area contributed by atoms with Crippen LogP contribution in [-0.4, -0.2) is 19.0 Å². The number of amides is 1. The molecule has 0 atom stereocenters. The molecule has 96 valence electrons. The Morgan fingerprint density at radius 1 is 1.28 bits per heavy atom. The summed E-state index contributed by atoms with van der Waals surface area (Å²) < 4.78 is 4.59. The third-order valence-corrected chi connectivity index (χ3v) is 2.43. The lowest BCUT2D eigenvalue weighted by Gasteiger charge is -2.06. The largest absolute Gasteiger partial charge is 0.465 e. The number of esters is 1. The van der Waals surface area contributed by atoms with E-state index in [0.717, 1.165) is 6.42 Å². The van der Waals surface area contributed by atoms with Gasteiger partial charge in [0.05, 0.1) is 12.7 Å². The van der Waals surface area contributed by atoms with Crippen LogP contribution in [-0.2, 0) is 9.53 Å². The number of carbonyl (C=O) groups excluding carboxylic acids is 2. The van der Waals surface area contributed by atoms with Gasteiger partial charge in [0.15, 0.2) is 0 Å². The number of benzene rings is 1. The molecular formula is C14H17NO3. The van der Waals surface area contributed by atoms with Gasteiger partial charge < -0.3 is 10.1 Å². The average Bonchev–Trinajstić information content (AvgIpc) is 2.39. The van der Waals surface area contributed by atoms with Crippen molar-refractivity contribution in [3.05, 3.63) is 41.5 Å². The molecule has 1 aromatic carbocycles. The maximum Gasteiger partial charge on any atom is 0.337 e. The van der Waals surface area contributed by atoms with Crippen molar-refractivity contribution in [2.45, 2.75) is 20.3 Å². The Hall–Kier alpha value is -2.10. The zero-order valence-corrected chi connectivity index (χ0v) is 10.8. The van der Waals surface area contributed by atoms with Crippen molar-refractivity contribution in [1.82, 2.24) is 0 Å². The lowest BCUT2D eigenvalue weighted by Crippen LogP contribution is -2.12. The second kappa shape index (κ2) is 6.59. The monoisotopic (exact) mass is 247 g/mol. The number of anilines is 1. The first-order valence-electron chi connectivity index (χ1n) is 5.75. The van der Waals surface area contributed by atoms with Gasteiger partial charge in [0, 0.05) is 11.3 Å². The molecule has 1 aromatic rings. The normalized spacial score (nSPS) is 10.9. The second-order valence-electron chi connectivity index (χ2n) is 3.82. The van der Waals surface area contributed by atoms with Gasteiger partial charge in [0.25, 0.3) is 5.91 Å². The Bertz CT molecular complexity index is 460. The highest BCUT2D eigenvalue weighted by atomic mass is 16.5. The summed E-state index contributed by atoms with van der Waals surface area (Å²) >= 11 is 0. The molecule has 0 unspecified atom stereocenters. The van der Waals surface area contributed by atoms with Crippen LogP contribution in [0.1, 0.15) is 30.6 Å². The molecule has 18 heavy (non-hydrogen) atoms. The van der Waals surface area contributed by atoms with Crippen LogP contribution in [0.15, 0.2) is 35.9 Å². The summed E-state index contributed by atoms with van der Waals surface area (Å²) in [6.45, 7) is 3.74. The summed E-state index contributed by atoms with van der Waals surface area (Å²) in [5.74, 6) is -0.530. The van der Waals surface area contributed by atoms with Crippen molar-refractivity contribution in [3.8, 4) is 0 Å². The SMILES string of the molecule is CC/C=C(\C)C(=O)Nc1ccc(C(=O)OC)cc1. The number of rotatable bonds is 4. The minimum absolute atomic E-state index is 0.136. The Balaban J connectivity index is 2.72. The molecular weight excluding hydrogens is 230 g/mol. The highest BCUT2D eigenvalue weighted by molar-refractivity contribution is 6.03. The summed E-state index contributed by atoms with van der Waals surface area (Å²) in [5, 5.41) is 2.75. The van der Waals surface area contributed by atoms with E-state index in [0.29, 0.717) is 16.8 Å². The molecule has 1 N–H and O–H groups in total. The standard InChI is InChI=1S/C14H17NO3/c1-4-5-10(2)13(16)15-12-8-6-11(7-9-12)14(17)18-3/h5-9H,4H2,1-3H3,(H,15,16)/b10-5+. The zero-order chi connectivity index (χ0) is 13.5. The van der Waals surface area contributed by atoms with Crippen molar-refractivity contribution in [1.29, 1.82) is 0 Å². The number of hydrogen-bond donors (Lipinski definition) is 1. The Morgan fingerprint density at radius 2 is 1.89 bits per heavy atom. The second-order valence-corrected chi connectivity index (χ2v) is 3.82. The number of carbonyl (C=O) groups is 2. The van der Waals surface area contributed by atoms with E-state index in [1.54, 1.807) is 31.2 Å². The first-order chi connectivity index (χ1) is 8.58. The fourth-order valence-electron chi connectivity index (χ4n) is 1.44. The minimum atomic E-state index is -0.394. The van der Waals surface area contributed by atoms with Gasteiger partial charge in [-0.15, -0.1) is 0 Å². The van der Waals surface area contributed by atoms with Gasteiger partial charge in [-0.3, -0.25) is 4.79 Å². The summed E-state index contributed by atoms with van der Waals surface area (Å²) in [6.07, 6.45) is 2.68. The lowest BCUT2D eigenvalue weighted by atomic mass is 10.2. The van der Waals surface area contributed by atoms with Gasteiger partial charge in [-0.05, 0) is 37.6 Å². The highest BCUT2D eigenvalue weighted by Gasteiger charge is 2.07. The van der Waals surface area contributed by atoms with Crippen LogP contribution in [0.2, 0.25) is 0 Å². The third-order valence-electron chi connectivity index (χ3n) is 2.43. The van der Waals surface area contributed by atoms with E-state index in [1.165, 1.54) is 7.11 Å². The molecule has 4 heteroatoms. The predicted octanol–water partition coefficient (Wildman–Crippen LogP) is 2.77. The van der Waals surface area contributed by atoms with Crippen LogP contribution >= 0.6 is 0 Å². The fraction of sp³-hybridized carbons (Fsp3) is 0.286. The lowest BCUT2D eigenvalue weighted by molar-refractivity contribution is -0.112. The highest BCUT2D eigenvalue weighted by Crippen LogP contribution is 2.11. The Kier molecular flexibility index (Phi) is 5.11. The fourth-order valence-corrected chi connectivity index (χ4v) is 1.44. The first kappa shape index (κ1) is 14.0. The van der Waals surface area contributed by atoms with Crippen LogP contribution in [0.25, 0.3) is 0 Å². The molecule has 4 nitrogen and oxygen atoms in total. The molecule has 0 saturated heterocycles. The number of allylic oxidation sites excluding steroid dienone is 1. The first-order valence-corrected chi connectivity index (χ1v) is 5.75. The minimum Gasteiger partial charge on any atom is -0.465 e. The molecule has 0 bridgehead atoms. The van der Waals surface area contributed by atoms with E-state index in [2.05, 4.69) is 10.1 Å². The molecule has 0 aliphatic rings. The molecule has 0 saturated carbocycles. The Labute approximate surface area is 107 Å². The van der Waals surface area contributed by atoms with Crippen LogP contribution in [0.5, 0.6) is 0 Å². The van der Waals surface area contributed by atoms with Gasteiger partial charge in [-0.1, -0.05) is 13.0 Å². The molecule has 0 heterocycles. The number of nitrogens with one attached hydrogen (secondary N) is 1. The zero-order valence-electron chi connectivity index (χ0n) is 10.8. The van der Waals surface area contributed by atoms with Gasteiger partial charge >= 0.3 is 5.97 Å². The molecule has 1 rings (SSSR count). The van der Waals surface area contributed by atoms with E-state index >= 15 is 0 Å². The quantitative estimate of drug-likeness (QED) is 0.657. The topological polar surface area (TPSA) is 55.4 Å². The maximum atomic E-state index is 11.7. The number of hydrogen-bond acceptors (Lipinski definition) is 3. The van der Waals surface area contributed by atoms with E-state index in [1.807, 2.05) is 13.0 Å². The molecule has 0 aromatic heterocycles. The molecule has 0 fully saturated rings. The third kappa shape index (κ3) is 3.73. The van der Waals surface area contributed by atoms with Crippen molar-refractivity contribution in [3.63, 3.8) is 0 Å². The van der Waals surface area contributed by atoms with E-state index in [-0.39, 0.29) is 5.91 Å². The van der Waals surface area contributed by atoms with Crippen molar-refractivity contribution in [2.75, 3.05) is 12.4 Å². The molecule has 0 spiro atoms.